The summed E-state index contributed by atoms with van der Waals surface area (Å²) in [5.74, 6) is -0.834. The molecule has 0 saturated carbocycles. The van der Waals surface area contributed by atoms with Gasteiger partial charge in [-0.2, -0.15) is 0 Å². The molecule has 2 aromatic carbocycles. The second kappa shape index (κ2) is 7.54. The summed E-state index contributed by atoms with van der Waals surface area (Å²) in [6, 6.07) is 20.7. The van der Waals surface area contributed by atoms with E-state index in [1.807, 2.05) is 36.4 Å². The van der Waals surface area contributed by atoms with Crippen LogP contribution in [0.4, 0.5) is 0 Å². The Hall–Kier alpha value is -3.02. The Morgan fingerprint density at radius 1 is 0.964 bits per heavy atom. The van der Waals surface area contributed by atoms with Crippen molar-refractivity contribution in [2.45, 2.75) is 19.1 Å². The van der Waals surface area contributed by atoms with Gasteiger partial charge in [-0.05, 0) is 18.1 Å². The molecule has 2 amide bonds. The molecule has 0 spiro atoms. The first-order valence-electron chi connectivity index (χ1n) is 9.33. The van der Waals surface area contributed by atoms with E-state index in [1.165, 1.54) is 17.2 Å². The number of carbonyl (C=O) groups is 2. The molecular weight excluding hydrogens is 352 g/mol. The lowest BCUT2D eigenvalue weighted by atomic mass is 9.94. The van der Waals surface area contributed by atoms with Crippen LogP contribution in [-0.2, 0) is 14.4 Å². The van der Waals surface area contributed by atoms with Crippen LogP contribution in [-0.4, -0.2) is 41.0 Å². The molecule has 4 rings (SSSR count). The predicted molar refractivity (Wildman–Crippen MR) is 106 cm³/mol. The van der Waals surface area contributed by atoms with Gasteiger partial charge in [0, 0.05) is 18.7 Å². The summed E-state index contributed by atoms with van der Waals surface area (Å²) in [5.41, 5.74) is 3.09. The molecule has 0 unspecified atom stereocenters. The first-order chi connectivity index (χ1) is 13.6. The molecule has 0 aromatic heterocycles. The first-order valence-corrected chi connectivity index (χ1v) is 9.33. The number of hydrogen-bond acceptors (Lipinski definition) is 4. The molecule has 0 aliphatic carbocycles. The van der Waals surface area contributed by atoms with E-state index in [4.69, 9.17) is 4.84 Å². The number of likely N-dealkylation sites (tertiary alicyclic amines) is 1. The predicted octanol–water partition coefficient (Wildman–Crippen LogP) is 3.26. The molecule has 142 valence electrons. The number of carbonyl (C=O) groups excluding carboxylic acids is 2. The van der Waals surface area contributed by atoms with E-state index in [2.05, 4.69) is 35.7 Å². The zero-order valence-electron chi connectivity index (χ0n) is 15.7. The van der Waals surface area contributed by atoms with Gasteiger partial charge in [-0.3, -0.25) is 19.3 Å². The Morgan fingerprint density at radius 2 is 1.50 bits per heavy atom. The molecule has 2 aliphatic heterocycles. The van der Waals surface area contributed by atoms with Gasteiger partial charge in [0.2, 0.25) is 0 Å². The van der Waals surface area contributed by atoms with Crippen molar-refractivity contribution < 1.29 is 14.4 Å². The molecule has 1 fully saturated rings. The van der Waals surface area contributed by atoms with Gasteiger partial charge in [0.1, 0.15) is 6.10 Å². The van der Waals surface area contributed by atoms with Crippen molar-refractivity contribution >= 4 is 11.8 Å². The van der Waals surface area contributed by atoms with Crippen LogP contribution in [0.15, 0.2) is 84.5 Å². The summed E-state index contributed by atoms with van der Waals surface area (Å²) in [6.07, 6.45) is 1.20. The zero-order chi connectivity index (χ0) is 19.7. The van der Waals surface area contributed by atoms with Gasteiger partial charge >= 0.3 is 0 Å². The minimum absolute atomic E-state index is 0.107. The third-order valence-electron chi connectivity index (χ3n) is 5.25. The van der Waals surface area contributed by atoms with E-state index < -0.39 is 11.8 Å². The van der Waals surface area contributed by atoms with Gasteiger partial charge in [-0.25, -0.2) is 0 Å². The van der Waals surface area contributed by atoms with E-state index in [0.29, 0.717) is 24.2 Å². The molecule has 2 aromatic rings. The fourth-order valence-electron chi connectivity index (χ4n) is 3.75. The smallest absolute Gasteiger partial charge is 0.285 e. The molecule has 28 heavy (non-hydrogen) atoms. The lowest BCUT2D eigenvalue weighted by Gasteiger charge is -2.44. The third kappa shape index (κ3) is 3.19. The lowest BCUT2D eigenvalue weighted by Crippen LogP contribution is -2.56. The molecule has 0 bridgehead atoms. The zero-order valence-corrected chi connectivity index (χ0v) is 15.7. The number of imide groups is 1. The van der Waals surface area contributed by atoms with Crippen molar-refractivity contribution in [1.82, 2.24) is 9.96 Å². The molecule has 0 N–H and O–H groups in total. The molecule has 2 heterocycles. The maximum absolute atomic E-state index is 12.3. The van der Waals surface area contributed by atoms with Crippen molar-refractivity contribution in [2.75, 3.05) is 13.1 Å². The highest BCUT2D eigenvalue weighted by atomic mass is 16.7. The molecule has 1 saturated heterocycles. The van der Waals surface area contributed by atoms with E-state index in [1.54, 1.807) is 6.92 Å². The maximum atomic E-state index is 12.3. The van der Waals surface area contributed by atoms with Crippen LogP contribution in [0.2, 0.25) is 0 Å². The highest BCUT2D eigenvalue weighted by Gasteiger charge is 2.41. The Kier molecular flexibility index (Phi) is 4.94. The average Bonchev–Trinajstić information content (AvgIpc) is 2.90. The van der Waals surface area contributed by atoms with Gasteiger partial charge in [0.05, 0.1) is 11.6 Å². The molecule has 0 atom stereocenters. The van der Waals surface area contributed by atoms with Crippen molar-refractivity contribution in [1.29, 1.82) is 0 Å². The van der Waals surface area contributed by atoms with Crippen molar-refractivity contribution in [2.24, 2.45) is 0 Å². The Bertz CT molecular complexity index is 891. The summed E-state index contributed by atoms with van der Waals surface area (Å²) in [5, 5.41) is 0.883. The molecule has 5 heteroatoms. The Morgan fingerprint density at radius 3 is 1.96 bits per heavy atom. The fourth-order valence-corrected chi connectivity index (χ4v) is 3.75. The number of amides is 2. The van der Waals surface area contributed by atoms with E-state index >= 15 is 0 Å². The van der Waals surface area contributed by atoms with Crippen LogP contribution in [0, 0.1) is 0 Å². The van der Waals surface area contributed by atoms with Crippen molar-refractivity contribution in [3.8, 4) is 0 Å². The van der Waals surface area contributed by atoms with Gasteiger partial charge in [0.25, 0.3) is 11.8 Å². The summed E-state index contributed by atoms with van der Waals surface area (Å²) < 4.78 is 0. The van der Waals surface area contributed by atoms with Gasteiger partial charge in [-0.15, -0.1) is 5.06 Å². The van der Waals surface area contributed by atoms with Gasteiger partial charge in [0.15, 0.2) is 0 Å². The number of nitrogens with zero attached hydrogens (tertiary/aromatic N) is 2. The minimum Gasteiger partial charge on any atom is -0.287 e. The Balaban J connectivity index is 1.47. The van der Waals surface area contributed by atoms with Crippen LogP contribution < -0.4 is 0 Å². The maximum Gasteiger partial charge on any atom is 0.285 e. The highest BCUT2D eigenvalue weighted by Crippen LogP contribution is 2.34. The number of hydrogen-bond donors (Lipinski definition) is 0. The SMILES string of the molecule is C=CC1=C(C)C(=O)N(OC2CN(C(c3ccccc3)c3ccccc3)C2)C1=O. The molecule has 2 aliphatic rings. The average molecular weight is 374 g/mol. The summed E-state index contributed by atoms with van der Waals surface area (Å²) in [4.78, 5) is 32.6. The lowest BCUT2D eigenvalue weighted by molar-refractivity contribution is -0.222. The minimum atomic E-state index is -0.432. The first kappa shape index (κ1) is 18.3. The van der Waals surface area contributed by atoms with Crippen LogP contribution in [0.5, 0.6) is 0 Å². The number of hydroxylamine groups is 2. The summed E-state index contributed by atoms with van der Waals surface area (Å²) in [7, 11) is 0. The second-order valence-electron chi connectivity index (χ2n) is 7.05. The van der Waals surface area contributed by atoms with E-state index in [9.17, 15) is 9.59 Å². The van der Waals surface area contributed by atoms with Crippen LogP contribution in [0.1, 0.15) is 24.1 Å². The highest BCUT2D eigenvalue weighted by molar-refractivity contribution is 6.19. The third-order valence-corrected chi connectivity index (χ3v) is 5.25. The van der Waals surface area contributed by atoms with E-state index in [-0.39, 0.29) is 12.1 Å². The summed E-state index contributed by atoms with van der Waals surface area (Å²) >= 11 is 0. The Labute approximate surface area is 164 Å². The topological polar surface area (TPSA) is 49.9 Å². The number of benzene rings is 2. The monoisotopic (exact) mass is 374 g/mol. The van der Waals surface area contributed by atoms with Crippen LogP contribution >= 0.6 is 0 Å². The van der Waals surface area contributed by atoms with Crippen molar-refractivity contribution in [3.05, 3.63) is 95.6 Å². The molecule has 5 nitrogen and oxygen atoms in total. The van der Waals surface area contributed by atoms with Gasteiger partial charge in [-0.1, -0.05) is 73.3 Å². The van der Waals surface area contributed by atoms with Crippen LogP contribution in [0.3, 0.4) is 0 Å². The van der Waals surface area contributed by atoms with Gasteiger partial charge < -0.3 is 0 Å². The summed E-state index contributed by atoms with van der Waals surface area (Å²) in [6.45, 7) is 6.49. The quantitative estimate of drug-likeness (QED) is 0.729. The molecule has 0 radical (unpaired) electrons. The number of rotatable bonds is 6. The van der Waals surface area contributed by atoms with E-state index in [0.717, 1.165) is 5.06 Å². The second-order valence-corrected chi connectivity index (χ2v) is 7.05. The standard InChI is InChI=1S/C23H22N2O3/c1-3-20-16(2)22(26)25(23(20)27)28-19-14-24(15-19)21(17-10-6-4-7-11-17)18-12-8-5-9-13-18/h3-13,19,21H,1,14-15H2,2H3. The van der Waals surface area contributed by atoms with Crippen LogP contribution in [0.25, 0.3) is 0 Å². The normalized spacial score (nSPS) is 18.1. The largest absolute Gasteiger partial charge is 0.287 e. The van der Waals surface area contributed by atoms with Crippen molar-refractivity contribution in [3.63, 3.8) is 0 Å². The fraction of sp³-hybridized carbons (Fsp3) is 0.217. The molecular formula is C23H22N2O3.